The zero-order valence-corrected chi connectivity index (χ0v) is 10.2. The van der Waals surface area contributed by atoms with E-state index in [-0.39, 0.29) is 0 Å². The van der Waals surface area contributed by atoms with Gasteiger partial charge in [0.1, 0.15) is 0 Å². The summed E-state index contributed by atoms with van der Waals surface area (Å²) in [6.07, 6.45) is 1.27. The second kappa shape index (κ2) is 4.76. The number of nitrogens with zero attached hydrogens (tertiary/aromatic N) is 2. The molecule has 0 radical (unpaired) electrons. The summed E-state index contributed by atoms with van der Waals surface area (Å²) in [5.41, 5.74) is 1.03. The third-order valence-electron chi connectivity index (χ3n) is 3.53. The van der Waals surface area contributed by atoms with E-state index < -0.39 is 0 Å². The van der Waals surface area contributed by atoms with Crippen LogP contribution in [0.3, 0.4) is 0 Å². The molecule has 2 atom stereocenters. The van der Waals surface area contributed by atoms with E-state index in [0.717, 1.165) is 50.7 Å². The highest BCUT2D eigenvalue weighted by Crippen LogP contribution is 2.19. The largest absolute Gasteiger partial charge is 0.374 e. The molecule has 2 aliphatic rings. The maximum atomic E-state index is 5.75. The Kier molecular flexibility index (Phi) is 3.13. The topological polar surface area (TPSA) is 50.5 Å². The number of nitrogens with one attached hydrogen (secondary N) is 1. The van der Waals surface area contributed by atoms with Gasteiger partial charge < -0.3 is 14.6 Å². The van der Waals surface area contributed by atoms with Crippen molar-refractivity contribution < 1.29 is 9.26 Å². The van der Waals surface area contributed by atoms with E-state index in [2.05, 4.69) is 28.4 Å². The van der Waals surface area contributed by atoms with Crippen LogP contribution in [0.15, 0.2) is 10.6 Å². The van der Waals surface area contributed by atoms with Crippen LogP contribution in [0.2, 0.25) is 0 Å². The molecule has 0 bridgehead atoms. The second-order valence-corrected chi connectivity index (χ2v) is 4.80. The standard InChI is InChI=1S/C12H19N3O2/c1-2-9-5-10(17-14-9)6-15-7-11-12(8-15)16-4-3-13-11/h5,11-13H,2-4,6-8H2,1H3/t11-,12-/m0/s1. The number of rotatable bonds is 3. The predicted octanol–water partition coefficient (Wildman–Crippen LogP) is 0.410. The van der Waals surface area contributed by atoms with Crippen molar-refractivity contribution in [2.45, 2.75) is 32.0 Å². The summed E-state index contributed by atoms with van der Waals surface area (Å²) in [7, 11) is 0. The Balaban J connectivity index is 1.59. The van der Waals surface area contributed by atoms with E-state index in [4.69, 9.17) is 9.26 Å². The van der Waals surface area contributed by atoms with E-state index in [1.54, 1.807) is 0 Å². The van der Waals surface area contributed by atoms with Crippen LogP contribution < -0.4 is 5.32 Å². The van der Waals surface area contributed by atoms with Gasteiger partial charge in [-0.25, -0.2) is 0 Å². The molecular weight excluding hydrogens is 218 g/mol. The molecule has 5 nitrogen and oxygen atoms in total. The van der Waals surface area contributed by atoms with Gasteiger partial charge in [-0.2, -0.15) is 0 Å². The molecule has 0 unspecified atom stereocenters. The fraction of sp³-hybridized carbons (Fsp3) is 0.750. The first kappa shape index (κ1) is 11.2. The van der Waals surface area contributed by atoms with E-state index in [9.17, 15) is 0 Å². The van der Waals surface area contributed by atoms with Crippen LogP contribution in [0.5, 0.6) is 0 Å². The Bertz CT molecular complexity index is 366. The molecule has 17 heavy (non-hydrogen) atoms. The number of aryl methyl sites for hydroxylation is 1. The molecule has 1 N–H and O–H groups in total. The van der Waals surface area contributed by atoms with Crippen LogP contribution in [-0.4, -0.2) is 48.4 Å². The molecule has 0 aromatic carbocycles. The van der Waals surface area contributed by atoms with Gasteiger partial charge in [0, 0.05) is 31.7 Å². The van der Waals surface area contributed by atoms with Crippen LogP contribution >= 0.6 is 0 Å². The average molecular weight is 237 g/mol. The lowest BCUT2D eigenvalue weighted by atomic mass is 10.2. The highest BCUT2D eigenvalue weighted by molar-refractivity contribution is 5.06. The lowest BCUT2D eigenvalue weighted by molar-refractivity contribution is 0.0173. The molecule has 2 saturated heterocycles. The Morgan fingerprint density at radius 1 is 1.53 bits per heavy atom. The molecule has 3 rings (SSSR count). The molecule has 1 aromatic rings. The lowest BCUT2D eigenvalue weighted by Gasteiger charge is -2.25. The highest BCUT2D eigenvalue weighted by Gasteiger charge is 2.35. The quantitative estimate of drug-likeness (QED) is 0.825. The normalized spacial score (nSPS) is 29.5. The second-order valence-electron chi connectivity index (χ2n) is 4.80. The molecule has 0 spiro atoms. The molecule has 0 aliphatic carbocycles. The maximum Gasteiger partial charge on any atom is 0.150 e. The highest BCUT2D eigenvalue weighted by atomic mass is 16.5. The van der Waals surface area contributed by atoms with Crippen LogP contribution in [0.1, 0.15) is 18.4 Å². The minimum atomic E-state index is 0.345. The minimum absolute atomic E-state index is 0.345. The Labute approximate surface area is 101 Å². The van der Waals surface area contributed by atoms with E-state index >= 15 is 0 Å². The van der Waals surface area contributed by atoms with Crippen molar-refractivity contribution >= 4 is 0 Å². The predicted molar refractivity (Wildman–Crippen MR) is 62.7 cm³/mol. The van der Waals surface area contributed by atoms with Gasteiger partial charge in [-0.15, -0.1) is 0 Å². The van der Waals surface area contributed by atoms with E-state index in [0.29, 0.717) is 12.1 Å². The lowest BCUT2D eigenvalue weighted by Crippen LogP contribution is -2.47. The summed E-state index contributed by atoms with van der Waals surface area (Å²) < 4.78 is 11.1. The molecule has 5 heteroatoms. The van der Waals surface area contributed by atoms with Gasteiger partial charge in [-0.1, -0.05) is 12.1 Å². The van der Waals surface area contributed by atoms with E-state index in [1.807, 2.05) is 0 Å². The van der Waals surface area contributed by atoms with Crippen molar-refractivity contribution in [3.05, 3.63) is 17.5 Å². The van der Waals surface area contributed by atoms with Crippen LogP contribution in [0.4, 0.5) is 0 Å². The molecule has 2 fully saturated rings. The zero-order chi connectivity index (χ0) is 11.7. The fourth-order valence-electron chi connectivity index (χ4n) is 2.62. The number of fused-ring (bicyclic) bond motifs is 1. The summed E-state index contributed by atoms with van der Waals surface area (Å²) in [4.78, 5) is 2.37. The molecule has 3 heterocycles. The van der Waals surface area contributed by atoms with Crippen LogP contribution in [0, 0.1) is 0 Å². The number of morpholine rings is 1. The van der Waals surface area contributed by atoms with Gasteiger partial charge >= 0.3 is 0 Å². The summed E-state index contributed by atoms with van der Waals surface area (Å²) in [5.74, 6) is 0.959. The van der Waals surface area contributed by atoms with Gasteiger partial charge in [-0.3, -0.25) is 4.90 Å². The van der Waals surface area contributed by atoms with Gasteiger partial charge in [-0.05, 0) is 6.42 Å². The maximum absolute atomic E-state index is 5.75. The van der Waals surface area contributed by atoms with Crippen LogP contribution in [0.25, 0.3) is 0 Å². The van der Waals surface area contributed by atoms with Crippen molar-refractivity contribution in [3.63, 3.8) is 0 Å². The Hall–Kier alpha value is -0.910. The zero-order valence-electron chi connectivity index (χ0n) is 10.2. The number of ether oxygens (including phenoxy) is 1. The van der Waals surface area contributed by atoms with Crippen molar-refractivity contribution in [2.75, 3.05) is 26.2 Å². The molecule has 1 aromatic heterocycles. The number of hydrogen-bond donors (Lipinski definition) is 1. The molecule has 0 saturated carbocycles. The number of aromatic nitrogens is 1. The van der Waals surface area contributed by atoms with Gasteiger partial charge in [0.15, 0.2) is 5.76 Å². The molecule has 94 valence electrons. The first-order valence-corrected chi connectivity index (χ1v) is 6.37. The van der Waals surface area contributed by atoms with Crippen molar-refractivity contribution in [1.82, 2.24) is 15.4 Å². The Morgan fingerprint density at radius 3 is 3.24 bits per heavy atom. The first-order chi connectivity index (χ1) is 8.35. The summed E-state index contributed by atoms with van der Waals surface area (Å²) in [5, 5.41) is 7.52. The fourth-order valence-corrected chi connectivity index (χ4v) is 2.62. The van der Waals surface area contributed by atoms with Crippen molar-refractivity contribution in [1.29, 1.82) is 0 Å². The third-order valence-corrected chi connectivity index (χ3v) is 3.53. The SMILES string of the molecule is CCc1cc(CN2C[C@@H]3NCCO[C@H]3C2)on1. The average Bonchev–Trinajstić information content (AvgIpc) is 2.94. The van der Waals surface area contributed by atoms with Gasteiger partial charge in [0.05, 0.1) is 24.9 Å². The van der Waals surface area contributed by atoms with Crippen molar-refractivity contribution in [2.24, 2.45) is 0 Å². The summed E-state index contributed by atoms with van der Waals surface area (Å²) >= 11 is 0. The third kappa shape index (κ3) is 2.36. The monoisotopic (exact) mass is 237 g/mol. The minimum Gasteiger partial charge on any atom is -0.374 e. The summed E-state index contributed by atoms with van der Waals surface area (Å²) in [6.45, 7) is 6.75. The first-order valence-electron chi connectivity index (χ1n) is 6.37. The number of likely N-dealkylation sites (tertiary alicyclic amines) is 1. The molecule has 2 aliphatic heterocycles. The van der Waals surface area contributed by atoms with E-state index in [1.165, 1.54) is 0 Å². The molecular formula is C12H19N3O2. The smallest absolute Gasteiger partial charge is 0.150 e. The van der Waals surface area contributed by atoms with Crippen molar-refractivity contribution in [3.8, 4) is 0 Å². The van der Waals surface area contributed by atoms with Crippen LogP contribution in [-0.2, 0) is 17.7 Å². The van der Waals surface area contributed by atoms with Gasteiger partial charge in [0.2, 0.25) is 0 Å². The number of hydrogen-bond acceptors (Lipinski definition) is 5. The Morgan fingerprint density at radius 2 is 2.47 bits per heavy atom. The molecule has 0 amide bonds. The summed E-state index contributed by atoms with van der Waals surface area (Å²) in [6, 6.07) is 2.54. The van der Waals surface area contributed by atoms with Gasteiger partial charge in [0.25, 0.3) is 0 Å².